The minimum atomic E-state index is 0. The van der Waals surface area contributed by atoms with E-state index in [0.717, 1.165) is 33.9 Å². The number of fused-ring (bicyclic) bond motifs is 1. The van der Waals surface area contributed by atoms with Crippen molar-refractivity contribution < 1.29 is 9.47 Å². The Kier molecular flexibility index (Phi) is 6.29. The molecule has 7 heteroatoms. The molecule has 26 heavy (non-hydrogen) atoms. The summed E-state index contributed by atoms with van der Waals surface area (Å²) < 4.78 is 11.9. The van der Waals surface area contributed by atoms with Gasteiger partial charge in [-0.1, -0.05) is 34.1 Å². The predicted octanol–water partition coefficient (Wildman–Crippen LogP) is 4.02. The van der Waals surface area contributed by atoms with Crippen molar-refractivity contribution in [2.45, 2.75) is 24.9 Å². The summed E-state index contributed by atoms with van der Waals surface area (Å²) in [5, 5.41) is 6.86. The molecule has 0 amide bonds. The first-order valence-electron chi connectivity index (χ1n) is 8.34. The second-order valence-electron chi connectivity index (χ2n) is 6.26. The van der Waals surface area contributed by atoms with Crippen LogP contribution in [0.15, 0.2) is 51.9 Å². The quantitative estimate of drug-likeness (QED) is 0.357. The third kappa shape index (κ3) is 4.43. The van der Waals surface area contributed by atoms with Gasteiger partial charge in [-0.2, -0.15) is 0 Å². The number of rotatable bonds is 4. The SMILES string of the molecule is CN=C(NCc1ccc2c(c1)OCO2)NC1CC1c1ccc(Br)cc1.I. The Hall–Kier alpha value is -1.48. The predicted molar refractivity (Wildman–Crippen MR) is 117 cm³/mol. The van der Waals surface area contributed by atoms with Gasteiger partial charge in [-0.05, 0) is 41.8 Å². The smallest absolute Gasteiger partial charge is 0.231 e. The number of aliphatic imine (C=N–C) groups is 1. The highest BCUT2D eigenvalue weighted by molar-refractivity contribution is 14.0. The van der Waals surface area contributed by atoms with Crippen LogP contribution < -0.4 is 20.1 Å². The number of hydrogen-bond donors (Lipinski definition) is 2. The molecule has 0 radical (unpaired) electrons. The van der Waals surface area contributed by atoms with Gasteiger partial charge in [0.25, 0.3) is 0 Å². The van der Waals surface area contributed by atoms with Crippen molar-refractivity contribution in [2.75, 3.05) is 13.8 Å². The zero-order valence-corrected chi connectivity index (χ0v) is 18.3. The maximum atomic E-state index is 5.42. The van der Waals surface area contributed by atoms with E-state index >= 15 is 0 Å². The first kappa shape index (κ1) is 19.3. The second kappa shape index (κ2) is 8.47. The molecule has 2 unspecified atom stereocenters. The lowest BCUT2D eigenvalue weighted by Crippen LogP contribution is -2.38. The summed E-state index contributed by atoms with van der Waals surface area (Å²) in [5.41, 5.74) is 2.50. The number of nitrogens with zero attached hydrogens (tertiary/aromatic N) is 1. The van der Waals surface area contributed by atoms with Gasteiger partial charge in [-0.15, -0.1) is 24.0 Å². The fourth-order valence-corrected chi connectivity index (χ4v) is 3.30. The number of nitrogens with one attached hydrogen (secondary N) is 2. The van der Waals surface area contributed by atoms with E-state index in [-0.39, 0.29) is 24.0 Å². The van der Waals surface area contributed by atoms with Crippen LogP contribution >= 0.6 is 39.9 Å². The highest BCUT2D eigenvalue weighted by Gasteiger charge is 2.38. The van der Waals surface area contributed by atoms with Crippen LogP contribution in [-0.4, -0.2) is 25.8 Å². The monoisotopic (exact) mass is 529 g/mol. The van der Waals surface area contributed by atoms with E-state index in [1.165, 1.54) is 5.56 Å². The molecule has 2 aromatic rings. The Labute approximate surface area is 178 Å². The molecule has 1 saturated carbocycles. The molecule has 0 spiro atoms. The van der Waals surface area contributed by atoms with Crippen molar-refractivity contribution in [3.8, 4) is 11.5 Å². The first-order chi connectivity index (χ1) is 12.2. The van der Waals surface area contributed by atoms with Gasteiger partial charge in [0.2, 0.25) is 6.79 Å². The number of benzene rings is 2. The average Bonchev–Trinajstić information content (AvgIpc) is 3.23. The van der Waals surface area contributed by atoms with Crippen molar-refractivity contribution >= 4 is 45.9 Å². The van der Waals surface area contributed by atoms with Crippen LogP contribution in [0, 0.1) is 0 Å². The van der Waals surface area contributed by atoms with Crippen molar-refractivity contribution in [1.82, 2.24) is 10.6 Å². The molecule has 138 valence electrons. The Morgan fingerprint density at radius 2 is 1.92 bits per heavy atom. The topological polar surface area (TPSA) is 54.9 Å². The molecule has 2 N–H and O–H groups in total. The van der Waals surface area contributed by atoms with Crippen LogP contribution in [-0.2, 0) is 6.54 Å². The fraction of sp³-hybridized carbons (Fsp3) is 0.316. The highest BCUT2D eigenvalue weighted by atomic mass is 127. The van der Waals surface area contributed by atoms with Crippen molar-refractivity contribution in [3.63, 3.8) is 0 Å². The maximum absolute atomic E-state index is 5.42. The Balaban J connectivity index is 0.00000196. The van der Waals surface area contributed by atoms with Gasteiger partial charge >= 0.3 is 0 Å². The molecule has 0 aromatic heterocycles. The van der Waals surface area contributed by atoms with Gasteiger partial charge in [0.15, 0.2) is 17.5 Å². The molecular formula is C19H21BrIN3O2. The molecule has 1 aliphatic heterocycles. The van der Waals surface area contributed by atoms with Crippen molar-refractivity contribution in [1.29, 1.82) is 0 Å². The number of ether oxygens (including phenoxy) is 2. The van der Waals surface area contributed by atoms with E-state index in [1.54, 1.807) is 7.05 Å². The standard InChI is InChI=1S/C19H20BrN3O2.HI/c1-21-19(22-10-12-2-7-17-18(8-12)25-11-24-17)23-16-9-15(16)13-3-5-14(20)6-4-13;/h2-8,15-16H,9-11H2,1H3,(H2,21,22,23);1H. The second-order valence-corrected chi connectivity index (χ2v) is 7.17. The van der Waals surface area contributed by atoms with E-state index in [1.807, 2.05) is 18.2 Å². The van der Waals surface area contributed by atoms with Crippen LogP contribution in [0.25, 0.3) is 0 Å². The lowest BCUT2D eigenvalue weighted by Gasteiger charge is -2.12. The third-order valence-corrected chi connectivity index (χ3v) is 5.06. The van der Waals surface area contributed by atoms with E-state index in [9.17, 15) is 0 Å². The number of halogens is 2. The van der Waals surface area contributed by atoms with E-state index < -0.39 is 0 Å². The fourth-order valence-electron chi connectivity index (χ4n) is 3.04. The van der Waals surface area contributed by atoms with Crippen LogP contribution in [0.3, 0.4) is 0 Å². The van der Waals surface area contributed by atoms with Gasteiger partial charge in [-0.3, -0.25) is 4.99 Å². The summed E-state index contributed by atoms with van der Waals surface area (Å²) in [6.45, 7) is 0.987. The van der Waals surface area contributed by atoms with Gasteiger partial charge in [-0.25, -0.2) is 0 Å². The molecule has 0 saturated heterocycles. The van der Waals surface area contributed by atoms with Gasteiger partial charge in [0, 0.05) is 30.0 Å². The minimum Gasteiger partial charge on any atom is -0.454 e. The summed E-state index contributed by atoms with van der Waals surface area (Å²) >= 11 is 3.48. The van der Waals surface area contributed by atoms with Crippen molar-refractivity contribution in [2.24, 2.45) is 4.99 Å². The lowest BCUT2D eigenvalue weighted by molar-refractivity contribution is 0.174. The van der Waals surface area contributed by atoms with Crippen molar-refractivity contribution in [3.05, 3.63) is 58.1 Å². The van der Waals surface area contributed by atoms with Gasteiger partial charge < -0.3 is 20.1 Å². The highest BCUT2D eigenvalue weighted by Crippen LogP contribution is 2.41. The summed E-state index contributed by atoms with van der Waals surface area (Å²) in [7, 11) is 1.80. The Bertz CT molecular complexity index is 798. The molecule has 2 aromatic carbocycles. The Morgan fingerprint density at radius 3 is 2.69 bits per heavy atom. The van der Waals surface area contributed by atoms with Crippen LogP contribution in [0.2, 0.25) is 0 Å². The normalized spacial score (nSPS) is 20.3. The molecule has 1 aliphatic carbocycles. The number of hydrogen-bond acceptors (Lipinski definition) is 3. The molecule has 1 fully saturated rings. The molecule has 2 atom stereocenters. The zero-order valence-electron chi connectivity index (χ0n) is 14.4. The van der Waals surface area contributed by atoms with Crippen LogP contribution in [0.5, 0.6) is 11.5 Å². The van der Waals surface area contributed by atoms with Crippen LogP contribution in [0.4, 0.5) is 0 Å². The molecule has 4 rings (SSSR count). The first-order valence-corrected chi connectivity index (χ1v) is 9.13. The van der Waals surface area contributed by atoms with Crippen LogP contribution in [0.1, 0.15) is 23.5 Å². The maximum Gasteiger partial charge on any atom is 0.231 e. The molecule has 0 bridgehead atoms. The third-order valence-electron chi connectivity index (χ3n) is 4.53. The lowest BCUT2D eigenvalue weighted by atomic mass is 10.1. The van der Waals surface area contributed by atoms with E-state index in [4.69, 9.17) is 9.47 Å². The largest absolute Gasteiger partial charge is 0.454 e. The molecule has 1 heterocycles. The number of guanidine groups is 1. The zero-order chi connectivity index (χ0) is 17.2. The van der Waals surface area contributed by atoms with E-state index in [0.29, 0.717) is 25.3 Å². The van der Waals surface area contributed by atoms with Gasteiger partial charge in [0.1, 0.15) is 0 Å². The minimum absolute atomic E-state index is 0. The summed E-state index contributed by atoms with van der Waals surface area (Å²) in [6.07, 6.45) is 1.13. The average molecular weight is 530 g/mol. The summed E-state index contributed by atoms with van der Waals surface area (Å²) in [5.74, 6) is 2.99. The Morgan fingerprint density at radius 1 is 1.15 bits per heavy atom. The summed E-state index contributed by atoms with van der Waals surface area (Å²) in [4.78, 5) is 4.33. The molecular weight excluding hydrogens is 509 g/mol. The van der Waals surface area contributed by atoms with E-state index in [2.05, 4.69) is 55.8 Å². The summed E-state index contributed by atoms with van der Waals surface area (Å²) in [6, 6.07) is 15.0. The van der Waals surface area contributed by atoms with Gasteiger partial charge in [0.05, 0.1) is 0 Å². The molecule has 5 nitrogen and oxygen atoms in total. The molecule has 2 aliphatic rings.